The Kier molecular flexibility index (Phi) is 4.29. The Morgan fingerprint density at radius 3 is 2.26 bits per heavy atom. The van der Waals surface area contributed by atoms with Crippen molar-refractivity contribution in [1.29, 1.82) is 0 Å². The summed E-state index contributed by atoms with van der Waals surface area (Å²) in [7, 11) is 1.98. The fourth-order valence-electron chi connectivity index (χ4n) is 1.88. The maximum absolute atomic E-state index is 12.8. The van der Waals surface area contributed by atoms with Gasteiger partial charge in [0.15, 0.2) is 0 Å². The van der Waals surface area contributed by atoms with Gasteiger partial charge in [0.05, 0.1) is 0 Å². The molecular weight excluding hydrogens is 241 g/mol. The van der Waals surface area contributed by atoms with Crippen LogP contribution < -0.4 is 4.90 Å². The summed E-state index contributed by atoms with van der Waals surface area (Å²) in [5.74, 6) is -0.221. The van der Waals surface area contributed by atoms with E-state index >= 15 is 0 Å². The zero-order valence-electron chi connectivity index (χ0n) is 10.8. The Bertz CT molecular complexity index is 534. The van der Waals surface area contributed by atoms with Crippen LogP contribution in [0.15, 0.2) is 48.5 Å². The number of hydrogen-bond donors (Lipinski definition) is 0. The number of carbonyl (C=O) groups is 1. The van der Waals surface area contributed by atoms with E-state index in [1.807, 2.05) is 31.3 Å². The maximum atomic E-state index is 12.8. The quantitative estimate of drug-likeness (QED) is 0.766. The first-order valence-electron chi connectivity index (χ1n) is 6.20. The second-order valence-corrected chi connectivity index (χ2v) is 4.51. The first-order valence-corrected chi connectivity index (χ1v) is 6.20. The number of nitrogens with zero attached hydrogens (tertiary/aromatic N) is 1. The molecule has 0 aliphatic rings. The standard InChI is InChI=1S/C16H16FNO/c1-18(16-8-6-15(17)7-9-16)11-10-13-2-4-14(12-19)5-3-13/h2-9,12H,10-11H2,1H3. The molecule has 0 aliphatic heterocycles. The van der Waals surface area contributed by atoms with Gasteiger partial charge in [0.1, 0.15) is 12.1 Å². The summed E-state index contributed by atoms with van der Waals surface area (Å²) >= 11 is 0. The van der Waals surface area contributed by atoms with Crippen LogP contribution in [0, 0.1) is 5.82 Å². The van der Waals surface area contributed by atoms with Crippen LogP contribution in [-0.2, 0) is 6.42 Å². The molecule has 2 nitrogen and oxygen atoms in total. The van der Waals surface area contributed by atoms with Crippen LogP contribution in [0.3, 0.4) is 0 Å². The van der Waals surface area contributed by atoms with E-state index in [4.69, 9.17) is 0 Å². The number of carbonyl (C=O) groups excluding carboxylic acids is 1. The summed E-state index contributed by atoms with van der Waals surface area (Å²) in [4.78, 5) is 12.6. The molecule has 0 saturated carbocycles. The van der Waals surface area contributed by atoms with E-state index in [-0.39, 0.29) is 5.82 Å². The van der Waals surface area contributed by atoms with Gasteiger partial charge in [-0.15, -0.1) is 0 Å². The lowest BCUT2D eigenvalue weighted by molar-refractivity contribution is 0.112. The molecule has 0 aromatic heterocycles. The smallest absolute Gasteiger partial charge is 0.150 e. The van der Waals surface area contributed by atoms with Crippen LogP contribution >= 0.6 is 0 Å². The predicted octanol–water partition coefficient (Wildman–Crippen LogP) is 3.32. The Labute approximate surface area is 112 Å². The van der Waals surface area contributed by atoms with Gasteiger partial charge in [0.25, 0.3) is 0 Å². The molecule has 2 aromatic carbocycles. The SMILES string of the molecule is CN(CCc1ccc(C=O)cc1)c1ccc(F)cc1. The molecule has 0 bridgehead atoms. The molecule has 2 rings (SSSR count). The number of likely N-dealkylation sites (N-methyl/N-ethyl adjacent to an activating group) is 1. The Morgan fingerprint density at radius 1 is 1.05 bits per heavy atom. The van der Waals surface area contributed by atoms with Gasteiger partial charge in [-0.05, 0) is 36.2 Å². The highest BCUT2D eigenvalue weighted by Gasteiger charge is 2.02. The maximum Gasteiger partial charge on any atom is 0.150 e. The van der Waals surface area contributed by atoms with E-state index < -0.39 is 0 Å². The Hall–Kier alpha value is -2.16. The lowest BCUT2D eigenvalue weighted by atomic mass is 10.1. The van der Waals surface area contributed by atoms with Crippen molar-refractivity contribution in [2.24, 2.45) is 0 Å². The predicted molar refractivity (Wildman–Crippen MR) is 75.2 cm³/mol. The van der Waals surface area contributed by atoms with Gasteiger partial charge in [-0.3, -0.25) is 4.79 Å². The number of halogens is 1. The van der Waals surface area contributed by atoms with Gasteiger partial charge in [-0.1, -0.05) is 24.3 Å². The highest BCUT2D eigenvalue weighted by molar-refractivity contribution is 5.74. The van der Waals surface area contributed by atoms with Crippen molar-refractivity contribution in [1.82, 2.24) is 0 Å². The van der Waals surface area contributed by atoms with Crippen LogP contribution in [0.5, 0.6) is 0 Å². The van der Waals surface area contributed by atoms with Crippen molar-refractivity contribution in [3.63, 3.8) is 0 Å². The third kappa shape index (κ3) is 3.65. The van der Waals surface area contributed by atoms with Gasteiger partial charge in [-0.25, -0.2) is 4.39 Å². The molecule has 0 heterocycles. The fraction of sp³-hybridized carbons (Fsp3) is 0.188. The van der Waals surface area contributed by atoms with Crippen LogP contribution in [0.1, 0.15) is 15.9 Å². The van der Waals surface area contributed by atoms with Gasteiger partial charge in [0.2, 0.25) is 0 Å². The topological polar surface area (TPSA) is 20.3 Å². The highest BCUT2D eigenvalue weighted by atomic mass is 19.1. The molecule has 98 valence electrons. The van der Waals surface area contributed by atoms with E-state index in [2.05, 4.69) is 4.90 Å². The number of benzene rings is 2. The van der Waals surface area contributed by atoms with Gasteiger partial charge in [-0.2, -0.15) is 0 Å². The molecule has 0 saturated heterocycles. The van der Waals surface area contributed by atoms with Crippen molar-refractivity contribution in [3.05, 3.63) is 65.5 Å². The molecule has 19 heavy (non-hydrogen) atoms. The first-order chi connectivity index (χ1) is 9.19. The van der Waals surface area contributed by atoms with Crippen LogP contribution in [0.2, 0.25) is 0 Å². The van der Waals surface area contributed by atoms with Crippen LogP contribution in [-0.4, -0.2) is 19.9 Å². The minimum atomic E-state index is -0.221. The lowest BCUT2D eigenvalue weighted by Gasteiger charge is -2.19. The summed E-state index contributed by atoms with van der Waals surface area (Å²) in [5, 5.41) is 0. The van der Waals surface area contributed by atoms with E-state index in [1.165, 1.54) is 17.7 Å². The van der Waals surface area contributed by atoms with Crippen molar-refractivity contribution < 1.29 is 9.18 Å². The minimum Gasteiger partial charge on any atom is -0.374 e. The monoisotopic (exact) mass is 257 g/mol. The zero-order valence-corrected chi connectivity index (χ0v) is 10.8. The summed E-state index contributed by atoms with van der Waals surface area (Å²) in [6.07, 6.45) is 1.72. The summed E-state index contributed by atoms with van der Waals surface area (Å²) < 4.78 is 12.8. The molecule has 0 unspecified atom stereocenters. The number of hydrogen-bond acceptors (Lipinski definition) is 2. The third-order valence-corrected chi connectivity index (χ3v) is 3.12. The molecular formula is C16H16FNO. The fourth-order valence-corrected chi connectivity index (χ4v) is 1.88. The molecule has 0 spiro atoms. The molecule has 0 N–H and O–H groups in total. The number of aldehydes is 1. The minimum absolute atomic E-state index is 0.221. The molecule has 0 aliphatic carbocycles. The van der Waals surface area contributed by atoms with Gasteiger partial charge in [0, 0.05) is 24.8 Å². The lowest BCUT2D eigenvalue weighted by Crippen LogP contribution is -2.20. The second-order valence-electron chi connectivity index (χ2n) is 4.51. The van der Waals surface area contributed by atoms with E-state index in [1.54, 1.807) is 12.1 Å². The largest absolute Gasteiger partial charge is 0.374 e. The van der Waals surface area contributed by atoms with Crippen LogP contribution in [0.25, 0.3) is 0 Å². The van der Waals surface area contributed by atoms with Crippen LogP contribution in [0.4, 0.5) is 10.1 Å². The summed E-state index contributed by atoms with van der Waals surface area (Å²) in [6.45, 7) is 0.839. The Morgan fingerprint density at radius 2 is 1.68 bits per heavy atom. The van der Waals surface area contributed by atoms with Crippen molar-refractivity contribution in [2.45, 2.75) is 6.42 Å². The molecule has 2 aromatic rings. The third-order valence-electron chi connectivity index (χ3n) is 3.12. The number of rotatable bonds is 5. The zero-order chi connectivity index (χ0) is 13.7. The van der Waals surface area contributed by atoms with Crippen molar-refractivity contribution in [2.75, 3.05) is 18.5 Å². The molecule has 0 amide bonds. The Balaban J connectivity index is 1.93. The van der Waals surface area contributed by atoms with Crippen molar-refractivity contribution in [3.8, 4) is 0 Å². The molecule has 0 fully saturated rings. The molecule has 0 atom stereocenters. The molecule has 3 heteroatoms. The average Bonchev–Trinajstić information content (AvgIpc) is 2.46. The first kappa shape index (κ1) is 13.3. The second kappa shape index (κ2) is 6.14. The van der Waals surface area contributed by atoms with E-state index in [0.29, 0.717) is 5.56 Å². The average molecular weight is 257 g/mol. The van der Waals surface area contributed by atoms with E-state index in [9.17, 15) is 9.18 Å². The van der Waals surface area contributed by atoms with E-state index in [0.717, 1.165) is 24.9 Å². The number of anilines is 1. The normalized spacial score (nSPS) is 10.2. The summed E-state index contributed by atoms with van der Waals surface area (Å²) in [5.41, 5.74) is 2.86. The highest BCUT2D eigenvalue weighted by Crippen LogP contribution is 2.14. The van der Waals surface area contributed by atoms with Gasteiger partial charge < -0.3 is 4.90 Å². The summed E-state index contributed by atoms with van der Waals surface area (Å²) in [6, 6.07) is 14.0. The van der Waals surface area contributed by atoms with Gasteiger partial charge >= 0.3 is 0 Å². The molecule has 0 radical (unpaired) electrons. The van der Waals surface area contributed by atoms with Crippen molar-refractivity contribution >= 4 is 12.0 Å².